The summed E-state index contributed by atoms with van der Waals surface area (Å²) in [5.41, 5.74) is 8.85. The van der Waals surface area contributed by atoms with Crippen molar-refractivity contribution in [2.45, 2.75) is 71.6 Å². The fourth-order valence-electron chi connectivity index (χ4n) is 3.76. The van der Waals surface area contributed by atoms with E-state index in [4.69, 9.17) is 0 Å². The molecule has 1 aliphatic carbocycles. The average molecular weight is 307 g/mol. The van der Waals surface area contributed by atoms with Crippen LogP contribution < -0.4 is 0 Å². The lowest BCUT2D eigenvalue weighted by atomic mass is 9.62. The van der Waals surface area contributed by atoms with Gasteiger partial charge in [-0.2, -0.15) is 0 Å². The van der Waals surface area contributed by atoms with Gasteiger partial charge in [0, 0.05) is 18.3 Å². The van der Waals surface area contributed by atoms with E-state index in [1.54, 1.807) is 11.1 Å². The summed E-state index contributed by atoms with van der Waals surface area (Å²) in [6.45, 7) is 13.9. The van der Waals surface area contributed by atoms with Crippen molar-refractivity contribution in [1.29, 1.82) is 0 Å². The van der Waals surface area contributed by atoms with Crippen molar-refractivity contribution >= 4 is 0 Å². The Labute approximate surface area is 141 Å². The third kappa shape index (κ3) is 3.06. The first-order chi connectivity index (χ1) is 10.7. The number of benzene rings is 1. The highest BCUT2D eigenvalue weighted by molar-refractivity contribution is 5.47. The maximum Gasteiger partial charge on any atom is 0.0447 e. The Morgan fingerprint density at radius 1 is 0.913 bits per heavy atom. The normalized spacial score (nSPS) is 18.5. The number of pyridine rings is 1. The van der Waals surface area contributed by atoms with Crippen molar-refractivity contribution in [2.24, 2.45) is 0 Å². The van der Waals surface area contributed by atoms with Crippen LogP contribution in [0, 0.1) is 13.8 Å². The van der Waals surface area contributed by atoms with Crippen LogP contribution in [0.25, 0.3) is 0 Å². The molecule has 0 saturated heterocycles. The van der Waals surface area contributed by atoms with Gasteiger partial charge in [-0.3, -0.25) is 4.98 Å². The minimum atomic E-state index is 0.272. The largest absolute Gasteiger partial charge is 0.261 e. The molecular weight excluding hydrogens is 278 g/mol. The zero-order valence-electron chi connectivity index (χ0n) is 15.5. The molecule has 0 N–H and O–H groups in total. The first-order valence-corrected chi connectivity index (χ1v) is 8.75. The van der Waals surface area contributed by atoms with Gasteiger partial charge in [-0.05, 0) is 71.4 Å². The molecule has 1 nitrogen and oxygen atoms in total. The van der Waals surface area contributed by atoms with Crippen LogP contribution in [-0.2, 0) is 17.3 Å². The van der Waals surface area contributed by atoms with Crippen LogP contribution in [-0.4, -0.2) is 4.98 Å². The van der Waals surface area contributed by atoms with Crippen LogP contribution in [0.5, 0.6) is 0 Å². The van der Waals surface area contributed by atoms with Gasteiger partial charge < -0.3 is 0 Å². The first-order valence-electron chi connectivity index (χ1n) is 8.75. The second-order valence-electron chi connectivity index (χ2n) is 8.60. The van der Waals surface area contributed by atoms with Crippen molar-refractivity contribution in [3.05, 3.63) is 64.0 Å². The standard InChI is InChI=1S/C22H29N/c1-15-7-8-18(23-14-15)12-17-13-20-19(11-16(17)2)21(3,4)9-10-22(20,5)6/h7-8,11,13-14H,9-10,12H2,1-6H3. The number of fused-ring (bicyclic) bond motifs is 1. The Hall–Kier alpha value is -1.63. The van der Waals surface area contributed by atoms with Gasteiger partial charge in [-0.15, -0.1) is 0 Å². The Kier molecular flexibility index (Phi) is 3.86. The maximum atomic E-state index is 4.59. The summed E-state index contributed by atoms with van der Waals surface area (Å²) < 4.78 is 0. The summed E-state index contributed by atoms with van der Waals surface area (Å²) in [5.74, 6) is 0. The maximum absolute atomic E-state index is 4.59. The lowest BCUT2D eigenvalue weighted by Gasteiger charge is -2.42. The van der Waals surface area contributed by atoms with E-state index in [9.17, 15) is 0 Å². The Bertz CT molecular complexity index is 720. The molecule has 0 saturated carbocycles. The zero-order valence-corrected chi connectivity index (χ0v) is 15.5. The van der Waals surface area contributed by atoms with Crippen LogP contribution in [0.3, 0.4) is 0 Å². The zero-order chi connectivity index (χ0) is 16.8. The van der Waals surface area contributed by atoms with Crippen LogP contribution in [0.2, 0.25) is 0 Å². The molecule has 1 heterocycles. The number of hydrogen-bond acceptors (Lipinski definition) is 1. The van der Waals surface area contributed by atoms with Gasteiger partial charge in [0.05, 0.1) is 0 Å². The van der Waals surface area contributed by atoms with Crippen LogP contribution in [0.4, 0.5) is 0 Å². The fourth-order valence-corrected chi connectivity index (χ4v) is 3.76. The van der Waals surface area contributed by atoms with E-state index < -0.39 is 0 Å². The second kappa shape index (κ2) is 5.47. The summed E-state index contributed by atoms with van der Waals surface area (Å²) in [4.78, 5) is 4.59. The van der Waals surface area contributed by atoms with Crippen molar-refractivity contribution in [3.8, 4) is 0 Å². The summed E-state index contributed by atoms with van der Waals surface area (Å²) in [6, 6.07) is 9.22. The van der Waals surface area contributed by atoms with Crippen LogP contribution >= 0.6 is 0 Å². The Morgan fingerprint density at radius 3 is 2.09 bits per heavy atom. The highest BCUT2D eigenvalue weighted by atomic mass is 14.7. The average Bonchev–Trinajstić information content (AvgIpc) is 2.48. The van der Waals surface area contributed by atoms with Crippen LogP contribution in [0.15, 0.2) is 30.5 Å². The van der Waals surface area contributed by atoms with E-state index in [0.717, 1.165) is 12.1 Å². The van der Waals surface area contributed by atoms with E-state index in [-0.39, 0.29) is 10.8 Å². The summed E-state index contributed by atoms with van der Waals surface area (Å²) in [5, 5.41) is 0. The van der Waals surface area contributed by atoms with Gasteiger partial charge in [0.25, 0.3) is 0 Å². The van der Waals surface area contributed by atoms with Gasteiger partial charge in [-0.25, -0.2) is 0 Å². The number of rotatable bonds is 2. The lowest BCUT2D eigenvalue weighted by Crippen LogP contribution is -2.34. The van der Waals surface area contributed by atoms with Gasteiger partial charge in [0.2, 0.25) is 0 Å². The molecule has 23 heavy (non-hydrogen) atoms. The molecule has 1 aromatic carbocycles. The molecule has 0 radical (unpaired) electrons. The van der Waals surface area contributed by atoms with E-state index >= 15 is 0 Å². The number of nitrogens with zero attached hydrogens (tertiary/aromatic N) is 1. The molecule has 0 aliphatic heterocycles. The van der Waals surface area contributed by atoms with Gasteiger partial charge in [-0.1, -0.05) is 45.9 Å². The summed E-state index contributed by atoms with van der Waals surface area (Å²) >= 11 is 0. The highest BCUT2D eigenvalue weighted by Gasteiger charge is 2.37. The third-order valence-corrected chi connectivity index (χ3v) is 5.65. The third-order valence-electron chi connectivity index (χ3n) is 5.65. The topological polar surface area (TPSA) is 12.9 Å². The molecule has 1 aromatic heterocycles. The molecule has 1 aliphatic rings. The molecule has 0 fully saturated rings. The van der Waals surface area contributed by atoms with Crippen molar-refractivity contribution in [1.82, 2.24) is 4.98 Å². The van der Waals surface area contributed by atoms with E-state index in [1.807, 2.05) is 6.20 Å². The predicted octanol–water partition coefficient (Wildman–Crippen LogP) is 5.64. The van der Waals surface area contributed by atoms with Crippen molar-refractivity contribution in [3.63, 3.8) is 0 Å². The van der Waals surface area contributed by atoms with E-state index in [2.05, 4.69) is 70.8 Å². The molecule has 0 bridgehead atoms. The summed E-state index contributed by atoms with van der Waals surface area (Å²) in [7, 11) is 0. The predicted molar refractivity (Wildman–Crippen MR) is 98.2 cm³/mol. The van der Waals surface area contributed by atoms with Crippen molar-refractivity contribution < 1.29 is 0 Å². The smallest absolute Gasteiger partial charge is 0.0447 e. The monoisotopic (exact) mass is 307 g/mol. The minimum absolute atomic E-state index is 0.272. The summed E-state index contributed by atoms with van der Waals surface area (Å²) in [6.07, 6.45) is 5.43. The fraction of sp³-hybridized carbons (Fsp3) is 0.500. The molecule has 0 spiro atoms. The Morgan fingerprint density at radius 2 is 1.52 bits per heavy atom. The molecule has 3 rings (SSSR count). The van der Waals surface area contributed by atoms with E-state index in [0.29, 0.717) is 0 Å². The lowest BCUT2D eigenvalue weighted by molar-refractivity contribution is 0.331. The van der Waals surface area contributed by atoms with Crippen LogP contribution in [0.1, 0.15) is 74.0 Å². The van der Waals surface area contributed by atoms with E-state index in [1.165, 1.54) is 29.5 Å². The molecule has 1 heteroatoms. The molecule has 0 unspecified atom stereocenters. The minimum Gasteiger partial charge on any atom is -0.261 e. The first kappa shape index (κ1) is 16.2. The van der Waals surface area contributed by atoms with Gasteiger partial charge in [0.1, 0.15) is 0 Å². The Balaban J connectivity index is 2.05. The second-order valence-corrected chi connectivity index (χ2v) is 8.60. The number of aromatic nitrogens is 1. The van der Waals surface area contributed by atoms with Gasteiger partial charge in [0.15, 0.2) is 0 Å². The molecule has 2 aromatic rings. The number of hydrogen-bond donors (Lipinski definition) is 0. The quantitative estimate of drug-likeness (QED) is 0.700. The highest BCUT2D eigenvalue weighted by Crippen LogP contribution is 2.46. The van der Waals surface area contributed by atoms with Crippen molar-refractivity contribution in [2.75, 3.05) is 0 Å². The number of aryl methyl sites for hydroxylation is 2. The molecule has 122 valence electrons. The molecule has 0 amide bonds. The SMILES string of the molecule is Cc1ccc(Cc2cc3c(cc2C)C(C)(C)CCC3(C)C)nc1. The van der Waals surface area contributed by atoms with Gasteiger partial charge >= 0.3 is 0 Å². The molecule has 0 atom stereocenters. The molecular formula is C22H29N.